The van der Waals surface area contributed by atoms with Crippen molar-refractivity contribution in [2.24, 2.45) is 0 Å². The minimum absolute atomic E-state index is 0.313. The summed E-state index contributed by atoms with van der Waals surface area (Å²) < 4.78 is 25.5. The van der Waals surface area contributed by atoms with Gasteiger partial charge in [-0.15, -0.1) is 0 Å². The molecule has 2 rings (SSSR count). The van der Waals surface area contributed by atoms with Gasteiger partial charge in [-0.2, -0.15) is 0 Å². The lowest BCUT2D eigenvalue weighted by atomic mass is 10.0. The molecule has 0 aromatic heterocycles. The molecule has 1 N–H and O–H groups in total. The van der Waals surface area contributed by atoms with Crippen LogP contribution in [0, 0.1) is 0 Å². The lowest BCUT2D eigenvalue weighted by Crippen LogP contribution is -2.27. The van der Waals surface area contributed by atoms with E-state index >= 15 is 0 Å². The van der Waals surface area contributed by atoms with Gasteiger partial charge in [0.2, 0.25) is 0 Å². The van der Waals surface area contributed by atoms with Crippen LogP contribution in [0.3, 0.4) is 0 Å². The molecule has 4 heteroatoms. The molecule has 1 aliphatic rings. The number of fused-ring (bicyclic) bond motifs is 1. The quantitative estimate of drug-likeness (QED) is 0.745. The van der Waals surface area contributed by atoms with Crippen molar-refractivity contribution < 1.29 is 13.5 Å². The first-order valence-corrected chi connectivity index (χ1v) is 5.72. The second-order valence-electron chi connectivity index (χ2n) is 3.99. The van der Waals surface area contributed by atoms with E-state index in [1.807, 2.05) is 26.0 Å². The topological polar surface area (TPSA) is 46.5 Å². The third kappa shape index (κ3) is 2.11. The van der Waals surface area contributed by atoms with Crippen LogP contribution in [0.5, 0.6) is 5.75 Å². The molecule has 80 valence electrons. The first-order valence-electron chi connectivity index (χ1n) is 4.61. The Labute approximate surface area is 91.1 Å². The van der Waals surface area contributed by atoms with Crippen LogP contribution in [0.15, 0.2) is 29.2 Å². The van der Waals surface area contributed by atoms with Crippen molar-refractivity contribution in [3.8, 4) is 5.75 Å². The van der Waals surface area contributed by atoms with Gasteiger partial charge in [-0.3, -0.25) is 0 Å². The number of rotatable bonds is 1. The number of hydrogen-bond acceptors (Lipinski definition) is 2. The largest absolute Gasteiger partial charge is 0.483 e. The van der Waals surface area contributed by atoms with Gasteiger partial charge in [0.15, 0.2) is 11.1 Å². The molecular weight excluding hydrogens is 212 g/mol. The fraction of sp³-hybridized carbons (Fsp3) is 0.273. The average molecular weight is 224 g/mol. The third-order valence-electron chi connectivity index (χ3n) is 2.22. The van der Waals surface area contributed by atoms with Crippen LogP contribution < -0.4 is 4.74 Å². The molecule has 1 aromatic carbocycles. The Kier molecular flexibility index (Phi) is 2.40. The van der Waals surface area contributed by atoms with E-state index < -0.39 is 11.1 Å². The van der Waals surface area contributed by atoms with Gasteiger partial charge in [0.25, 0.3) is 0 Å². The summed E-state index contributed by atoms with van der Waals surface area (Å²) in [6.07, 6.45) is 3.84. The highest BCUT2D eigenvalue weighted by atomic mass is 32.2. The van der Waals surface area contributed by atoms with Crippen LogP contribution >= 0.6 is 0 Å². The molecule has 3 nitrogen and oxygen atoms in total. The van der Waals surface area contributed by atoms with E-state index in [4.69, 9.17) is 9.29 Å². The predicted molar refractivity (Wildman–Crippen MR) is 59.2 cm³/mol. The lowest BCUT2D eigenvalue weighted by molar-refractivity contribution is 0.159. The zero-order valence-electron chi connectivity index (χ0n) is 8.56. The minimum Gasteiger partial charge on any atom is -0.483 e. The standard InChI is InChI=1S/C11H12O3S/c1-11(2)6-5-8-7-9(15(12)13)3-4-10(8)14-11/h3-7H,1-2H3,(H,12,13). The van der Waals surface area contributed by atoms with Crippen molar-refractivity contribution in [3.63, 3.8) is 0 Å². The van der Waals surface area contributed by atoms with Gasteiger partial charge in [-0.05, 0) is 38.1 Å². The maximum Gasteiger partial charge on any atom is 0.186 e. The normalized spacial score (nSPS) is 19.1. The monoisotopic (exact) mass is 224 g/mol. The summed E-state index contributed by atoms with van der Waals surface area (Å²) in [6.45, 7) is 3.93. The van der Waals surface area contributed by atoms with Crippen LogP contribution in [-0.2, 0) is 11.1 Å². The molecule has 0 amide bonds. The zero-order valence-corrected chi connectivity index (χ0v) is 9.38. The molecule has 0 saturated heterocycles. The van der Waals surface area contributed by atoms with Crippen LogP contribution in [0.4, 0.5) is 0 Å². The third-order valence-corrected chi connectivity index (χ3v) is 2.88. The van der Waals surface area contributed by atoms with Crippen LogP contribution in [0.2, 0.25) is 0 Å². The Hall–Kier alpha value is -1.13. The summed E-state index contributed by atoms with van der Waals surface area (Å²) in [6, 6.07) is 4.99. The van der Waals surface area contributed by atoms with E-state index in [0.717, 1.165) is 11.3 Å². The first kappa shape index (κ1) is 10.4. The molecule has 1 atom stereocenters. The van der Waals surface area contributed by atoms with E-state index in [2.05, 4.69) is 0 Å². The second-order valence-corrected chi connectivity index (χ2v) is 4.96. The van der Waals surface area contributed by atoms with E-state index in [0.29, 0.717) is 4.90 Å². The summed E-state index contributed by atoms with van der Waals surface area (Å²) in [4.78, 5) is 0.390. The highest BCUT2D eigenvalue weighted by Crippen LogP contribution is 2.31. The van der Waals surface area contributed by atoms with Crippen LogP contribution in [-0.4, -0.2) is 14.4 Å². The van der Waals surface area contributed by atoms with Crippen molar-refractivity contribution >= 4 is 17.2 Å². The predicted octanol–water partition coefficient (Wildman–Crippen LogP) is 2.45. The lowest BCUT2D eigenvalue weighted by Gasteiger charge is -2.27. The van der Waals surface area contributed by atoms with Crippen molar-refractivity contribution in [2.75, 3.05) is 0 Å². The highest BCUT2D eigenvalue weighted by molar-refractivity contribution is 7.79. The summed E-state index contributed by atoms with van der Waals surface area (Å²) in [5.41, 5.74) is 0.529. The van der Waals surface area contributed by atoms with Crippen molar-refractivity contribution in [1.82, 2.24) is 0 Å². The van der Waals surface area contributed by atoms with Crippen LogP contribution in [0.25, 0.3) is 6.08 Å². The Bertz CT molecular complexity index is 449. The molecule has 1 unspecified atom stereocenters. The second kappa shape index (κ2) is 3.47. The Morgan fingerprint density at radius 1 is 1.40 bits per heavy atom. The smallest absolute Gasteiger partial charge is 0.186 e. The molecule has 0 aliphatic carbocycles. The summed E-state index contributed by atoms with van der Waals surface area (Å²) in [5.74, 6) is 0.747. The van der Waals surface area contributed by atoms with Gasteiger partial charge in [-0.25, -0.2) is 4.21 Å². The first-order chi connectivity index (χ1) is 6.98. The minimum atomic E-state index is -1.94. The van der Waals surface area contributed by atoms with E-state index in [9.17, 15) is 4.21 Å². The number of ether oxygens (including phenoxy) is 1. The fourth-order valence-electron chi connectivity index (χ4n) is 1.47. The molecule has 0 saturated carbocycles. The van der Waals surface area contributed by atoms with Gasteiger partial charge in [0.1, 0.15) is 11.4 Å². The van der Waals surface area contributed by atoms with Gasteiger partial charge in [-0.1, -0.05) is 6.08 Å². The zero-order chi connectivity index (χ0) is 11.1. The van der Waals surface area contributed by atoms with Crippen molar-refractivity contribution in [3.05, 3.63) is 29.8 Å². The molecular formula is C11H12O3S. The Morgan fingerprint density at radius 3 is 2.80 bits per heavy atom. The molecule has 1 aromatic rings. The van der Waals surface area contributed by atoms with E-state index in [1.54, 1.807) is 18.2 Å². The van der Waals surface area contributed by atoms with Gasteiger partial charge in [0, 0.05) is 5.56 Å². The Morgan fingerprint density at radius 2 is 2.13 bits per heavy atom. The molecule has 0 fully saturated rings. The van der Waals surface area contributed by atoms with Crippen molar-refractivity contribution in [2.45, 2.75) is 24.3 Å². The summed E-state index contributed by atoms with van der Waals surface area (Å²) in [7, 11) is 0. The molecule has 1 heterocycles. The molecule has 15 heavy (non-hydrogen) atoms. The number of hydrogen-bond donors (Lipinski definition) is 1. The maximum atomic E-state index is 10.9. The highest BCUT2D eigenvalue weighted by Gasteiger charge is 2.21. The summed E-state index contributed by atoms with van der Waals surface area (Å²) in [5, 5.41) is 0. The SMILES string of the molecule is CC1(C)C=Cc2cc(S(=O)O)ccc2O1. The van der Waals surface area contributed by atoms with Crippen LogP contribution in [0.1, 0.15) is 19.4 Å². The molecule has 0 spiro atoms. The van der Waals surface area contributed by atoms with Crippen molar-refractivity contribution in [1.29, 1.82) is 0 Å². The fourth-order valence-corrected chi connectivity index (χ4v) is 1.88. The van der Waals surface area contributed by atoms with E-state index in [1.165, 1.54) is 0 Å². The van der Waals surface area contributed by atoms with Gasteiger partial charge < -0.3 is 9.29 Å². The molecule has 0 bridgehead atoms. The molecule has 0 radical (unpaired) electrons. The average Bonchev–Trinajstić information content (AvgIpc) is 2.15. The van der Waals surface area contributed by atoms with E-state index in [-0.39, 0.29) is 5.60 Å². The van der Waals surface area contributed by atoms with Gasteiger partial charge in [0.05, 0.1) is 4.90 Å². The van der Waals surface area contributed by atoms with Gasteiger partial charge >= 0.3 is 0 Å². The Balaban J connectivity index is 2.45. The maximum absolute atomic E-state index is 10.9. The molecule has 1 aliphatic heterocycles. The number of benzene rings is 1. The summed E-state index contributed by atoms with van der Waals surface area (Å²) >= 11 is -1.94.